The third-order valence-corrected chi connectivity index (χ3v) is 11.2. The topological polar surface area (TPSA) is 58.6 Å². The van der Waals surface area contributed by atoms with Gasteiger partial charge in [0.25, 0.3) is 0 Å². The van der Waals surface area contributed by atoms with Crippen LogP contribution in [-0.2, 0) is 9.53 Å². The average Bonchev–Trinajstić information content (AvgIpc) is 3.23. The van der Waals surface area contributed by atoms with E-state index in [-0.39, 0.29) is 23.0 Å². The summed E-state index contributed by atoms with van der Waals surface area (Å²) in [6, 6.07) is 0.482. The summed E-state index contributed by atoms with van der Waals surface area (Å²) >= 11 is 0. The quantitative estimate of drug-likeness (QED) is 0.567. The van der Waals surface area contributed by atoms with E-state index >= 15 is 0 Å². The number of allylic oxidation sites excluding steroid dienone is 1. The van der Waals surface area contributed by atoms with Crippen molar-refractivity contribution in [3.05, 3.63) is 11.1 Å². The first-order chi connectivity index (χ1) is 14.7. The van der Waals surface area contributed by atoms with Crippen LogP contribution in [0.5, 0.6) is 0 Å². The highest BCUT2D eigenvalue weighted by Gasteiger charge is 2.62. The highest BCUT2D eigenvalue weighted by atomic mass is 16.5. The number of aliphatic hydroxyl groups excluding tert-OH is 1. The van der Waals surface area contributed by atoms with Crippen LogP contribution in [0.2, 0.25) is 0 Å². The predicted molar refractivity (Wildman–Crippen MR) is 120 cm³/mol. The second kappa shape index (κ2) is 6.90. The van der Waals surface area contributed by atoms with E-state index in [0.29, 0.717) is 53.9 Å². The number of Topliss-reactive ketones (excluding diaryl/α,β-unsaturated/α-hetero) is 1. The highest BCUT2D eigenvalue weighted by molar-refractivity contribution is 5.83. The van der Waals surface area contributed by atoms with Crippen molar-refractivity contribution < 1.29 is 14.6 Å². The van der Waals surface area contributed by atoms with Gasteiger partial charge in [0, 0.05) is 24.3 Å². The lowest BCUT2D eigenvalue weighted by Gasteiger charge is -2.52. The first-order valence-corrected chi connectivity index (χ1v) is 13.1. The van der Waals surface area contributed by atoms with Gasteiger partial charge in [0.2, 0.25) is 0 Å². The van der Waals surface area contributed by atoms with Gasteiger partial charge < -0.3 is 15.2 Å². The van der Waals surface area contributed by atoms with Gasteiger partial charge in [0.1, 0.15) is 5.78 Å². The third kappa shape index (κ3) is 2.74. The number of ether oxygens (including phenoxy) is 1. The molecule has 0 aromatic heterocycles. The van der Waals surface area contributed by atoms with Crippen LogP contribution in [0, 0.1) is 40.9 Å². The van der Waals surface area contributed by atoms with E-state index in [1.807, 2.05) is 0 Å². The van der Waals surface area contributed by atoms with Crippen LogP contribution in [0.3, 0.4) is 0 Å². The number of aliphatic hydroxyl groups is 1. The predicted octanol–water partition coefficient (Wildman–Crippen LogP) is 4.26. The summed E-state index contributed by atoms with van der Waals surface area (Å²) in [6.07, 6.45) is 8.02. The van der Waals surface area contributed by atoms with E-state index in [2.05, 4.69) is 33.0 Å². The largest absolute Gasteiger partial charge is 0.393 e. The van der Waals surface area contributed by atoms with Gasteiger partial charge in [-0.1, -0.05) is 26.3 Å². The Morgan fingerprint density at radius 1 is 1.13 bits per heavy atom. The molecule has 4 nitrogen and oxygen atoms in total. The lowest BCUT2D eigenvalue weighted by atomic mass is 9.51. The molecule has 2 heterocycles. The SMILES string of the molecule is CC1=C2C[C@H]3[C@@H](CC(=O)[C@H]4C[C@H](O)CC[C@@]43C)[C@@H]2CC[C@]12O[C@@H]1C[C@H](C)CN[C@H]1[C@H]2C. The van der Waals surface area contributed by atoms with Crippen molar-refractivity contribution in [3.63, 3.8) is 0 Å². The Balaban J connectivity index is 1.35. The second-order valence-electron chi connectivity index (χ2n) is 12.5. The van der Waals surface area contributed by atoms with Gasteiger partial charge in [-0.2, -0.15) is 0 Å². The Kier molecular flexibility index (Phi) is 4.64. The molecule has 0 aromatic rings. The van der Waals surface area contributed by atoms with Gasteiger partial charge >= 0.3 is 0 Å². The van der Waals surface area contributed by atoms with Gasteiger partial charge in [-0.25, -0.2) is 0 Å². The minimum absolute atomic E-state index is 0.0720. The van der Waals surface area contributed by atoms with E-state index in [4.69, 9.17) is 4.74 Å². The molecule has 2 aliphatic heterocycles. The molecule has 2 N–H and O–H groups in total. The van der Waals surface area contributed by atoms with Crippen molar-refractivity contribution in [2.45, 2.75) is 103 Å². The smallest absolute Gasteiger partial charge is 0.136 e. The Labute approximate surface area is 187 Å². The van der Waals surface area contributed by atoms with Crippen LogP contribution in [0.4, 0.5) is 0 Å². The van der Waals surface area contributed by atoms with E-state index in [0.717, 1.165) is 38.6 Å². The minimum atomic E-state index is -0.280. The van der Waals surface area contributed by atoms with Crippen molar-refractivity contribution in [1.82, 2.24) is 5.32 Å². The fourth-order valence-electron chi connectivity index (χ4n) is 9.46. The summed E-state index contributed by atoms with van der Waals surface area (Å²) in [5, 5.41) is 14.1. The standard InChI is InChI=1S/C27H41NO3/c1-14-9-24-25(28-13-14)16(3)27(31-24)8-6-18-19(15(27)2)11-21-20(18)12-23(30)22-10-17(29)5-7-26(21,22)4/h14,16-18,20-22,24-25,28-29H,5-13H2,1-4H3/t14-,16+,17+,18+,20-,21-,22+,24+,25-,26+,27-/m0/s1. The maximum atomic E-state index is 13.2. The molecule has 6 aliphatic rings. The first kappa shape index (κ1) is 20.9. The fraction of sp³-hybridized carbons (Fsp3) is 0.889. The molecule has 0 unspecified atom stereocenters. The molecule has 2 saturated heterocycles. The Morgan fingerprint density at radius 3 is 2.74 bits per heavy atom. The maximum absolute atomic E-state index is 13.2. The van der Waals surface area contributed by atoms with Gasteiger partial charge in [-0.15, -0.1) is 0 Å². The number of carbonyl (C=O) groups excluding carboxylic acids is 1. The number of ketones is 1. The summed E-state index contributed by atoms with van der Waals surface area (Å²) in [7, 11) is 0. The molecule has 0 amide bonds. The van der Waals surface area contributed by atoms with Gasteiger partial charge in [-0.3, -0.25) is 4.79 Å². The fourth-order valence-corrected chi connectivity index (χ4v) is 9.46. The maximum Gasteiger partial charge on any atom is 0.136 e. The Hall–Kier alpha value is -0.710. The molecule has 4 heteroatoms. The lowest BCUT2D eigenvalue weighted by molar-refractivity contribution is -0.145. The highest BCUT2D eigenvalue weighted by Crippen LogP contribution is 2.65. The van der Waals surface area contributed by atoms with Crippen molar-refractivity contribution in [3.8, 4) is 0 Å². The summed E-state index contributed by atoms with van der Waals surface area (Å²) in [4.78, 5) is 13.2. The molecule has 3 saturated carbocycles. The number of nitrogens with one attached hydrogen (secondary N) is 1. The third-order valence-electron chi connectivity index (χ3n) is 11.2. The molecule has 11 atom stereocenters. The molecule has 31 heavy (non-hydrogen) atoms. The molecule has 0 aromatic carbocycles. The molecule has 0 bridgehead atoms. The molecule has 172 valence electrons. The second-order valence-corrected chi connectivity index (χ2v) is 12.5. The number of hydrogen-bond donors (Lipinski definition) is 2. The van der Waals surface area contributed by atoms with E-state index in [1.165, 1.54) is 18.4 Å². The molecular weight excluding hydrogens is 386 g/mol. The molecule has 5 fully saturated rings. The van der Waals surface area contributed by atoms with Gasteiger partial charge in [0.05, 0.1) is 17.8 Å². The summed E-state index contributed by atoms with van der Waals surface area (Å²) < 4.78 is 7.00. The van der Waals surface area contributed by atoms with Gasteiger partial charge in [-0.05, 0) is 93.1 Å². The number of fused-ring (bicyclic) bond motifs is 6. The van der Waals surface area contributed by atoms with E-state index in [1.54, 1.807) is 5.57 Å². The van der Waals surface area contributed by atoms with Crippen LogP contribution in [-0.4, -0.2) is 41.3 Å². The first-order valence-electron chi connectivity index (χ1n) is 13.1. The molecule has 6 rings (SSSR count). The monoisotopic (exact) mass is 427 g/mol. The number of hydrogen-bond acceptors (Lipinski definition) is 4. The van der Waals surface area contributed by atoms with Gasteiger partial charge in [0.15, 0.2) is 0 Å². The molecule has 4 aliphatic carbocycles. The summed E-state index contributed by atoms with van der Waals surface area (Å²) in [5.74, 6) is 3.41. The molecule has 1 spiro atoms. The number of piperidine rings is 1. The summed E-state index contributed by atoms with van der Waals surface area (Å²) in [6.45, 7) is 10.6. The van der Waals surface area contributed by atoms with E-state index in [9.17, 15) is 9.90 Å². The molecule has 0 radical (unpaired) electrons. The van der Waals surface area contributed by atoms with Crippen LogP contribution in [0.25, 0.3) is 0 Å². The number of carbonyl (C=O) groups is 1. The minimum Gasteiger partial charge on any atom is -0.393 e. The Morgan fingerprint density at radius 2 is 1.94 bits per heavy atom. The van der Waals surface area contributed by atoms with Crippen molar-refractivity contribution in [2.75, 3.05) is 6.54 Å². The van der Waals surface area contributed by atoms with Crippen LogP contribution >= 0.6 is 0 Å². The number of rotatable bonds is 0. The van der Waals surface area contributed by atoms with Crippen molar-refractivity contribution in [2.24, 2.45) is 40.9 Å². The lowest BCUT2D eigenvalue weighted by Crippen LogP contribution is -2.51. The Bertz CT molecular complexity index is 821. The zero-order valence-electron chi connectivity index (χ0n) is 19.8. The van der Waals surface area contributed by atoms with Crippen LogP contribution in [0.15, 0.2) is 11.1 Å². The zero-order chi connectivity index (χ0) is 21.7. The summed E-state index contributed by atoms with van der Waals surface area (Å²) in [5.41, 5.74) is 3.15. The van der Waals surface area contributed by atoms with Crippen LogP contribution in [0.1, 0.15) is 79.1 Å². The normalized spacial score (nSPS) is 56.3. The van der Waals surface area contributed by atoms with Crippen molar-refractivity contribution in [1.29, 1.82) is 0 Å². The van der Waals surface area contributed by atoms with Crippen molar-refractivity contribution >= 4 is 5.78 Å². The average molecular weight is 428 g/mol. The van der Waals surface area contributed by atoms with E-state index < -0.39 is 0 Å². The molecular formula is C27H41NO3. The zero-order valence-corrected chi connectivity index (χ0v) is 19.8. The van der Waals surface area contributed by atoms with Crippen LogP contribution < -0.4 is 5.32 Å².